The molecule has 112 valence electrons. The number of nitrogen functional groups attached to an aromatic ring is 1. The van der Waals surface area contributed by atoms with E-state index in [9.17, 15) is 17.9 Å². The Balaban J connectivity index is 2.48. The summed E-state index contributed by atoms with van der Waals surface area (Å²) in [4.78, 5) is -0.231. The monoisotopic (exact) mass is 322 g/mol. The summed E-state index contributed by atoms with van der Waals surface area (Å²) >= 11 is 5.83. The van der Waals surface area contributed by atoms with Gasteiger partial charge >= 0.3 is 0 Å². The van der Waals surface area contributed by atoms with Crippen molar-refractivity contribution >= 4 is 27.3 Å². The highest BCUT2D eigenvalue weighted by molar-refractivity contribution is 7.89. The molecular formula is C12H16ClFN2O3S. The summed E-state index contributed by atoms with van der Waals surface area (Å²) in [6.07, 6.45) is 0.652. The third kappa shape index (κ3) is 2.50. The van der Waals surface area contributed by atoms with Crippen LogP contribution in [0.3, 0.4) is 0 Å². The minimum absolute atomic E-state index is 0.0475. The fourth-order valence-corrected chi connectivity index (χ4v) is 4.66. The van der Waals surface area contributed by atoms with Gasteiger partial charge < -0.3 is 10.8 Å². The fourth-order valence-electron chi connectivity index (χ4n) is 2.41. The Morgan fingerprint density at radius 1 is 1.55 bits per heavy atom. The molecule has 1 fully saturated rings. The first kappa shape index (κ1) is 15.5. The molecule has 3 N–H and O–H groups in total. The maximum absolute atomic E-state index is 13.3. The number of anilines is 1. The highest BCUT2D eigenvalue weighted by Gasteiger charge is 2.40. The van der Waals surface area contributed by atoms with Crippen molar-refractivity contribution in [3.05, 3.63) is 23.0 Å². The molecule has 5 nitrogen and oxygen atoms in total. The first-order valence-corrected chi connectivity index (χ1v) is 7.98. The van der Waals surface area contributed by atoms with Gasteiger partial charge in [-0.1, -0.05) is 18.5 Å². The molecule has 2 rings (SSSR count). The summed E-state index contributed by atoms with van der Waals surface area (Å²) in [5, 5.41) is 9.15. The first-order valence-electron chi connectivity index (χ1n) is 6.16. The third-order valence-corrected chi connectivity index (χ3v) is 6.05. The lowest BCUT2D eigenvalue weighted by atomic mass is 10.0. The maximum atomic E-state index is 13.3. The minimum atomic E-state index is -3.91. The van der Waals surface area contributed by atoms with Crippen molar-refractivity contribution in [2.45, 2.75) is 24.3 Å². The number of aliphatic hydroxyl groups excluding tert-OH is 1. The van der Waals surface area contributed by atoms with E-state index in [1.807, 2.05) is 6.92 Å². The van der Waals surface area contributed by atoms with Crippen molar-refractivity contribution in [1.29, 1.82) is 0 Å². The molecule has 0 amide bonds. The van der Waals surface area contributed by atoms with Crippen LogP contribution in [-0.2, 0) is 10.0 Å². The quantitative estimate of drug-likeness (QED) is 0.825. The summed E-state index contributed by atoms with van der Waals surface area (Å²) in [7, 11) is -3.91. The average molecular weight is 323 g/mol. The van der Waals surface area contributed by atoms with E-state index in [1.54, 1.807) is 0 Å². The van der Waals surface area contributed by atoms with Crippen molar-refractivity contribution < 1.29 is 17.9 Å². The van der Waals surface area contributed by atoms with E-state index in [2.05, 4.69) is 0 Å². The molecule has 0 aromatic heterocycles. The van der Waals surface area contributed by atoms with Crippen LogP contribution in [0.2, 0.25) is 5.02 Å². The van der Waals surface area contributed by atoms with Gasteiger partial charge in [0.2, 0.25) is 10.0 Å². The Morgan fingerprint density at radius 2 is 2.20 bits per heavy atom. The van der Waals surface area contributed by atoms with E-state index >= 15 is 0 Å². The van der Waals surface area contributed by atoms with Gasteiger partial charge in [-0.05, 0) is 24.5 Å². The van der Waals surface area contributed by atoms with Crippen molar-refractivity contribution in [2.24, 2.45) is 5.92 Å². The van der Waals surface area contributed by atoms with Crippen LogP contribution < -0.4 is 5.73 Å². The van der Waals surface area contributed by atoms with Crippen molar-refractivity contribution in [1.82, 2.24) is 4.31 Å². The van der Waals surface area contributed by atoms with Crippen LogP contribution in [0.25, 0.3) is 0 Å². The van der Waals surface area contributed by atoms with E-state index in [-0.39, 0.29) is 28.1 Å². The topological polar surface area (TPSA) is 83.6 Å². The Labute approximate surface area is 122 Å². The molecular weight excluding hydrogens is 307 g/mol. The Hall–Kier alpha value is -0.890. The van der Waals surface area contributed by atoms with E-state index < -0.39 is 21.9 Å². The molecule has 20 heavy (non-hydrogen) atoms. The molecule has 1 aromatic carbocycles. The molecule has 0 spiro atoms. The second kappa shape index (κ2) is 5.48. The number of rotatable bonds is 3. The smallest absolute Gasteiger partial charge is 0.244 e. The van der Waals surface area contributed by atoms with Gasteiger partial charge in [-0.15, -0.1) is 0 Å². The molecule has 1 aliphatic heterocycles. The lowest BCUT2D eigenvalue weighted by Crippen LogP contribution is -2.39. The van der Waals surface area contributed by atoms with Crippen LogP contribution in [0, 0.1) is 11.7 Å². The number of nitrogens with two attached hydrogens (primary N) is 1. The Morgan fingerprint density at radius 3 is 2.80 bits per heavy atom. The zero-order valence-corrected chi connectivity index (χ0v) is 12.5. The van der Waals surface area contributed by atoms with E-state index in [4.69, 9.17) is 17.3 Å². The van der Waals surface area contributed by atoms with Crippen LogP contribution in [0.1, 0.15) is 13.3 Å². The number of hydrogen-bond donors (Lipinski definition) is 2. The highest BCUT2D eigenvalue weighted by atomic mass is 35.5. The Bertz CT molecular complexity index is 623. The predicted molar refractivity (Wildman–Crippen MR) is 74.4 cm³/mol. The second-order valence-electron chi connectivity index (χ2n) is 4.94. The van der Waals surface area contributed by atoms with Crippen LogP contribution in [0.5, 0.6) is 0 Å². The van der Waals surface area contributed by atoms with Gasteiger partial charge in [0.15, 0.2) is 0 Å². The lowest BCUT2D eigenvalue weighted by molar-refractivity contribution is 0.191. The van der Waals surface area contributed by atoms with Crippen LogP contribution in [-0.4, -0.2) is 37.0 Å². The molecule has 1 heterocycles. The molecule has 2 atom stereocenters. The van der Waals surface area contributed by atoms with Gasteiger partial charge in [0.05, 0.1) is 23.4 Å². The van der Waals surface area contributed by atoms with Crippen LogP contribution >= 0.6 is 11.6 Å². The SMILES string of the molecule is CC1CCN(S(=O)(=O)c2cc(N)c(F)cc2Cl)C1CO. The molecule has 0 aliphatic carbocycles. The predicted octanol–water partition coefficient (Wildman–Crippen LogP) is 1.45. The molecule has 0 saturated carbocycles. The first-order chi connectivity index (χ1) is 9.28. The maximum Gasteiger partial charge on any atom is 0.244 e. The fraction of sp³-hybridized carbons (Fsp3) is 0.500. The molecule has 8 heteroatoms. The van der Waals surface area contributed by atoms with Gasteiger partial charge in [-0.2, -0.15) is 4.31 Å². The lowest BCUT2D eigenvalue weighted by Gasteiger charge is -2.25. The van der Waals surface area contributed by atoms with E-state index in [0.717, 1.165) is 12.1 Å². The largest absolute Gasteiger partial charge is 0.396 e. The third-order valence-electron chi connectivity index (χ3n) is 3.66. The van der Waals surface area contributed by atoms with Gasteiger partial charge in [-0.25, -0.2) is 12.8 Å². The average Bonchev–Trinajstić information content (AvgIpc) is 2.75. The number of sulfonamides is 1. The standard InChI is InChI=1S/C12H16ClFN2O3S/c1-7-2-3-16(11(7)6-17)20(18,19)12-5-10(15)9(14)4-8(12)13/h4-5,7,11,17H,2-3,6,15H2,1H3. The summed E-state index contributed by atoms with van der Waals surface area (Å²) < 4.78 is 39.6. The van der Waals surface area contributed by atoms with Gasteiger partial charge in [0.25, 0.3) is 0 Å². The number of hydrogen-bond acceptors (Lipinski definition) is 4. The summed E-state index contributed by atoms with van der Waals surface area (Å²) in [6.45, 7) is 1.90. The normalized spacial score (nSPS) is 24.2. The Kier molecular flexibility index (Phi) is 4.24. The minimum Gasteiger partial charge on any atom is -0.396 e. The van der Waals surface area contributed by atoms with Gasteiger partial charge in [-0.3, -0.25) is 0 Å². The molecule has 1 aliphatic rings. The molecule has 2 unspecified atom stereocenters. The van der Waals surface area contributed by atoms with Gasteiger partial charge in [0.1, 0.15) is 10.7 Å². The summed E-state index contributed by atoms with van der Waals surface area (Å²) in [5.41, 5.74) is 5.14. The number of halogens is 2. The molecule has 0 bridgehead atoms. The number of nitrogens with zero attached hydrogens (tertiary/aromatic N) is 1. The zero-order chi connectivity index (χ0) is 15.1. The molecule has 1 aromatic rings. The second-order valence-corrected chi connectivity index (χ2v) is 7.20. The molecule has 1 saturated heterocycles. The van der Waals surface area contributed by atoms with E-state index in [0.29, 0.717) is 13.0 Å². The van der Waals surface area contributed by atoms with Crippen molar-refractivity contribution in [3.8, 4) is 0 Å². The van der Waals surface area contributed by atoms with Crippen LogP contribution in [0.4, 0.5) is 10.1 Å². The number of aliphatic hydroxyl groups is 1. The highest BCUT2D eigenvalue weighted by Crippen LogP contribution is 2.34. The van der Waals surface area contributed by atoms with Crippen molar-refractivity contribution in [2.75, 3.05) is 18.9 Å². The number of benzene rings is 1. The van der Waals surface area contributed by atoms with E-state index in [1.165, 1.54) is 4.31 Å². The summed E-state index contributed by atoms with van der Waals surface area (Å²) in [6, 6.07) is 1.41. The van der Waals surface area contributed by atoms with Crippen molar-refractivity contribution in [3.63, 3.8) is 0 Å². The molecule has 0 radical (unpaired) electrons. The van der Waals surface area contributed by atoms with Crippen LogP contribution in [0.15, 0.2) is 17.0 Å². The zero-order valence-electron chi connectivity index (χ0n) is 10.9. The summed E-state index contributed by atoms with van der Waals surface area (Å²) in [5.74, 6) is -0.714. The van der Waals surface area contributed by atoms with Gasteiger partial charge in [0, 0.05) is 6.54 Å².